The van der Waals surface area contributed by atoms with E-state index in [1.165, 1.54) is 16.9 Å². The second kappa shape index (κ2) is 7.56. The first kappa shape index (κ1) is 17.9. The number of halogens is 1. The van der Waals surface area contributed by atoms with E-state index in [-0.39, 0.29) is 11.9 Å². The molecule has 0 radical (unpaired) electrons. The highest BCUT2D eigenvalue weighted by molar-refractivity contribution is 7.21. The van der Waals surface area contributed by atoms with Gasteiger partial charge in [-0.1, -0.05) is 54.1 Å². The van der Waals surface area contributed by atoms with Gasteiger partial charge in [-0.05, 0) is 38.2 Å². The summed E-state index contributed by atoms with van der Waals surface area (Å²) in [5.41, 5.74) is 2.26. The third kappa shape index (κ3) is 3.71. The minimum Gasteiger partial charge on any atom is -0.349 e. The van der Waals surface area contributed by atoms with E-state index in [9.17, 15) is 4.79 Å². The summed E-state index contributed by atoms with van der Waals surface area (Å²) >= 11 is 7.94. The first-order chi connectivity index (χ1) is 12.0. The van der Waals surface area contributed by atoms with E-state index in [0.29, 0.717) is 16.4 Å². The van der Waals surface area contributed by atoms with Crippen molar-refractivity contribution in [1.29, 1.82) is 0 Å². The predicted molar refractivity (Wildman–Crippen MR) is 107 cm³/mol. The lowest BCUT2D eigenvalue weighted by Gasteiger charge is -2.25. The molecule has 3 nitrogen and oxygen atoms in total. The van der Waals surface area contributed by atoms with E-state index >= 15 is 0 Å². The number of nitrogens with one attached hydrogen (secondary N) is 1. The molecule has 0 saturated heterocycles. The zero-order valence-corrected chi connectivity index (χ0v) is 16.1. The third-order valence-corrected chi connectivity index (χ3v) is 5.98. The lowest BCUT2D eigenvalue weighted by Crippen LogP contribution is -2.34. The maximum Gasteiger partial charge on any atom is 0.262 e. The average Bonchev–Trinajstić information content (AvgIpc) is 2.94. The summed E-state index contributed by atoms with van der Waals surface area (Å²) in [6.45, 7) is 2.54. The molecule has 1 unspecified atom stereocenters. The summed E-state index contributed by atoms with van der Waals surface area (Å²) in [7, 11) is 4.03. The summed E-state index contributed by atoms with van der Waals surface area (Å²) in [4.78, 5) is 15.4. The average molecular weight is 373 g/mol. The number of thiophene rings is 1. The minimum atomic E-state index is -0.117. The van der Waals surface area contributed by atoms with Crippen LogP contribution in [0.15, 0.2) is 48.5 Å². The summed E-state index contributed by atoms with van der Waals surface area (Å²) < 4.78 is 1.04. The van der Waals surface area contributed by atoms with Gasteiger partial charge in [-0.15, -0.1) is 11.3 Å². The Hall–Kier alpha value is -1.88. The summed E-state index contributed by atoms with van der Waals surface area (Å²) in [5.74, 6) is -0.117. The third-order valence-electron chi connectivity index (χ3n) is 4.34. The van der Waals surface area contributed by atoms with Gasteiger partial charge in [0.15, 0.2) is 0 Å². The topological polar surface area (TPSA) is 32.3 Å². The number of rotatable bonds is 5. The van der Waals surface area contributed by atoms with Crippen LogP contribution in [0.1, 0.15) is 26.8 Å². The van der Waals surface area contributed by atoms with Crippen molar-refractivity contribution in [3.63, 3.8) is 0 Å². The SMILES string of the molecule is Cc1cccc2sc(C(=O)NCC(c3ccccc3)N(C)C)c(Cl)c12. The van der Waals surface area contributed by atoms with Gasteiger partial charge < -0.3 is 10.2 Å². The van der Waals surface area contributed by atoms with Crippen LogP contribution in [0.25, 0.3) is 10.1 Å². The van der Waals surface area contributed by atoms with Gasteiger partial charge in [-0.3, -0.25) is 4.79 Å². The molecule has 1 N–H and O–H groups in total. The van der Waals surface area contributed by atoms with Crippen LogP contribution in [0.5, 0.6) is 0 Å². The highest BCUT2D eigenvalue weighted by Crippen LogP contribution is 2.37. The van der Waals surface area contributed by atoms with E-state index < -0.39 is 0 Å². The van der Waals surface area contributed by atoms with E-state index in [2.05, 4.69) is 22.3 Å². The monoisotopic (exact) mass is 372 g/mol. The molecule has 2 aromatic carbocycles. The van der Waals surface area contributed by atoms with Crippen molar-refractivity contribution < 1.29 is 4.79 Å². The van der Waals surface area contributed by atoms with E-state index in [0.717, 1.165) is 15.6 Å². The van der Waals surface area contributed by atoms with Gasteiger partial charge in [-0.25, -0.2) is 0 Å². The van der Waals surface area contributed by atoms with E-state index in [4.69, 9.17) is 11.6 Å². The molecule has 0 spiro atoms. The molecule has 0 fully saturated rings. The minimum absolute atomic E-state index is 0.111. The standard InChI is InChI=1S/C20H21ClN2OS/c1-13-8-7-11-16-17(13)18(21)19(25-16)20(24)22-12-15(23(2)3)14-9-5-4-6-10-14/h4-11,15H,12H2,1-3H3,(H,22,24). The molecule has 1 amide bonds. The molecular weight excluding hydrogens is 352 g/mol. The van der Waals surface area contributed by atoms with Crippen LogP contribution in [-0.2, 0) is 0 Å². The van der Waals surface area contributed by atoms with Crippen LogP contribution in [0.4, 0.5) is 0 Å². The zero-order chi connectivity index (χ0) is 18.0. The fourth-order valence-corrected chi connectivity index (χ4v) is 4.56. The van der Waals surface area contributed by atoms with Crippen LogP contribution in [0.3, 0.4) is 0 Å². The number of hydrogen-bond acceptors (Lipinski definition) is 3. The molecule has 1 heterocycles. The molecule has 3 rings (SSSR count). The Morgan fingerprint density at radius 2 is 1.88 bits per heavy atom. The van der Waals surface area contributed by atoms with Crippen molar-refractivity contribution in [2.75, 3.05) is 20.6 Å². The van der Waals surface area contributed by atoms with Crippen molar-refractivity contribution in [2.24, 2.45) is 0 Å². The number of aryl methyl sites for hydroxylation is 1. The number of carbonyl (C=O) groups is 1. The molecule has 0 aliphatic carbocycles. The molecule has 25 heavy (non-hydrogen) atoms. The van der Waals surface area contributed by atoms with Gasteiger partial charge in [0, 0.05) is 16.6 Å². The van der Waals surface area contributed by atoms with Crippen LogP contribution < -0.4 is 5.32 Å². The Balaban J connectivity index is 1.80. The van der Waals surface area contributed by atoms with Crippen molar-refractivity contribution in [3.05, 3.63) is 69.6 Å². The van der Waals surface area contributed by atoms with Crippen molar-refractivity contribution in [3.8, 4) is 0 Å². The molecule has 0 aliphatic rings. The van der Waals surface area contributed by atoms with Crippen molar-refractivity contribution in [2.45, 2.75) is 13.0 Å². The molecule has 1 atom stereocenters. The van der Waals surface area contributed by atoms with E-state index in [1.54, 1.807) is 0 Å². The van der Waals surface area contributed by atoms with Gasteiger partial charge in [0.25, 0.3) is 5.91 Å². The molecular formula is C20H21ClN2OS. The maximum absolute atomic E-state index is 12.7. The fraction of sp³-hybridized carbons (Fsp3) is 0.250. The van der Waals surface area contributed by atoms with E-state index in [1.807, 2.05) is 57.4 Å². The molecule has 5 heteroatoms. The van der Waals surface area contributed by atoms with Gasteiger partial charge in [0.1, 0.15) is 4.88 Å². The van der Waals surface area contributed by atoms with Crippen LogP contribution in [0, 0.1) is 6.92 Å². The Labute approximate surface area is 157 Å². The molecule has 1 aromatic heterocycles. The number of amides is 1. The number of nitrogens with zero attached hydrogens (tertiary/aromatic N) is 1. The molecule has 130 valence electrons. The molecule has 3 aromatic rings. The number of hydrogen-bond donors (Lipinski definition) is 1. The number of likely N-dealkylation sites (N-methyl/N-ethyl adjacent to an activating group) is 1. The predicted octanol–water partition coefficient (Wildman–Crippen LogP) is 4.90. The molecule has 0 saturated carbocycles. The first-order valence-corrected chi connectivity index (χ1v) is 9.35. The second-order valence-electron chi connectivity index (χ2n) is 6.29. The highest BCUT2D eigenvalue weighted by atomic mass is 35.5. The Morgan fingerprint density at radius 3 is 2.52 bits per heavy atom. The quantitative estimate of drug-likeness (QED) is 0.691. The number of carbonyl (C=O) groups excluding carboxylic acids is 1. The smallest absolute Gasteiger partial charge is 0.262 e. The van der Waals surface area contributed by atoms with Crippen molar-refractivity contribution in [1.82, 2.24) is 10.2 Å². The Bertz CT molecular complexity index is 889. The summed E-state index contributed by atoms with van der Waals surface area (Å²) in [5, 5.41) is 4.58. The number of benzene rings is 2. The first-order valence-electron chi connectivity index (χ1n) is 8.16. The molecule has 0 aliphatic heterocycles. The molecule has 0 bridgehead atoms. The van der Waals surface area contributed by atoms with Crippen LogP contribution in [-0.4, -0.2) is 31.4 Å². The van der Waals surface area contributed by atoms with Crippen molar-refractivity contribution >= 4 is 38.9 Å². The van der Waals surface area contributed by atoms with Gasteiger partial charge in [0.2, 0.25) is 0 Å². The maximum atomic E-state index is 12.7. The lowest BCUT2D eigenvalue weighted by atomic mass is 10.1. The Morgan fingerprint density at radius 1 is 1.16 bits per heavy atom. The zero-order valence-electron chi connectivity index (χ0n) is 14.5. The van der Waals surface area contributed by atoms with Gasteiger partial charge in [0.05, 0.1) is 11.1 Å². The normalized spacial score (nSPS) is 12.5. The van der Waals surface area contributed by atoms with Crippen LogP contribution in [0.2, 0.25) is 5.02 Å². The van der Waals surface area contributed by atoms with Gasteiger partial charge in [-0.2, -0.15) is 0 Å². The fourth-order valence-electron chi connectivity index (χ4n) is 2.96. The largest absolute Gasteiger partial charge is 0.349 e. The Kier molecular flexibility index (Phi) is 5.42. The summed E-state index contributed by atoms with van der Waals surface area (Å²) in [6.07, 6.45) is 0. The number of fused-ring (bicyclic) bond motifs is 1. The highest BCUT2D eigenvalue weighted by Gasteiger charge is 2.20. The second-order valence-corrected chi connectivity index (χ2v) is 7.72. The summed E-state index contributed by atoms with van der Waals surface area (Å²) in [6, 6.07) is 16.3. The van der Waals surface area contributed by atoms with Crippen LogP contribution >= 0.6 is 22.9 Å². The lowest BCUT2D eigenvalue weighted by molar-refractivity contribution is 0.0946. The van der Waals surface area contributed by atoms with Gasteiger partial charge >= 0.3 is 0 Å².